The third-order valence-corrected chi connectivity index (χ3v) is 7.91. The fourth-order valence-electron chi connectivity index (χ4n) is 5.20. The molecule has 5 rings (SSSR count). The van der Waals surface area contributed by atoms with Gasteiger partial charge in [-0.2, -0.15) is 0 Å². The van der Waals surface area contributed by atoms with Gasteiger partial charge < -0.3 is 20.6 Å². The van der Waals surface area contributed by atoms with Crippen molar-refractivity contribution in [1.82, 2.24) is 20.2 Å². The standard InChI is InChI=1S/C28H33N5O3S/c34-27(22-4-1-3-21(15-22)25-17-37-18-30-25)32-24(28(35)36)11-14-33-13-10-19(16-33)6-8-23-9-7-20-5-2-12-29-26(20)31-23/h1,3-4,7,9,15,17-19,24H,2,5-6,8,10-14,16H2,(H,29,31)(H,32,34)(H,35,36). The van der Waals surface area contributed by atoms with Crippen LogP contribution in [0.4, 0.5) is 5.82 Å². The van der Waals surface area contributed by atoms with Gasteiger partial charge in [0, 0.05) is 41.8 Å². The van der Waals surface area contributed by atoms with Crippen LogP contribution in [-0.4, -0.2) is 64.1 Å². The van der Waals surface area contributed by atoms with Crippen molar-refractivity contribution in [3.05, 3.63) is 64.1 Å². The van der Waals surface area contributed by atoms with Gasteiger partial charge in [-0.25, -0.2) is 14.8 Å². The average Bonchev–Trinajstić information content (AvgIpc) is 3.62. The normalized spacial score (nSPS) is 18.1. The number of aromatic nitrogens is 2. The second kappa shape index (κ2) is 11.8. The SMILES string of the molecule is O=C(NC(CCN1CCC(CCc2ccc3c(n2)NCCC3)C1)C(=O)O)c1cccc(-c2cscn2)c1. The molecule has 8 nitrogen and oxygen atoms in total. The van der Waals surface area contributed by atoms with Crippen molar-refractivity contribution in [2.24, 2.45) is 5.92 Å². The van der Waals surface area contributed by atoms with Gasteiger partial charge in [-0.05, 0) is 74.8 Å². The number of thiazole rings is 1. The summed E-state index contributed by atoms with van der Waals surface area (Å²) in [6.45, 7) is 3.56. The summed E-state index contributed by atoms with van der Waals surface area (Å²) in [5.74, 6) is 0.244. The first-order chi connectivity index (χ1) is 18.0. The quantitative estimate of drug-likeness (QED) is 0.370. The molecule has 0 saturated carbocycles. The number of carbonyl (C=O) groups excluding carboxylic acids is 1. The number of benzene rings is 1. The minimum Gasteiger partial charge on any atom is -0.480 e. The van der Waals surface area contributed by atoms with Gasteiger partial charge in [-0.15, -0.1) is 11.3 Å². The summed E-state index contributed by atoms with van der Waals surface area (Å²) in [7, 11) is 0. The highest BCUT2D eigenvalue weighted by atomic mass is 32.1. The highest BCUT2D eigenvalue weighted by molar-refractivity contribution is 7.07. The Bertz CT molecular complexity index is 1230. The number of likely N-dealkylation sites (tertiary alicyclic amines) is 1. The molecule has 2 aliphatic rings. The first-order valence-electron chi connectivity index (χ1n) is 13.0. The molecule has 3 aromatic rings. The second-order valence-corrected chi connectivity index (χ2v) is 10.7. The molecule has 0 radical (unpaired) electrons. The molecular formula is C28H33N5O3S. The van der Waals surface area contributed by atoms with Crippen molar-refractivity contribution in [2.75, 3.05) is 31.5 Å². The van der Waals surface area contributed by atoms with Crippen LogP contribution in [0.15, 0.2) is 47.3 Å². The summed E-state index contributed by atoms with van der Waals surface area (Å²) >= 11 is 1.49. The largest absolute Gasteiger partial charge is 0.480 e. The molecule has 2 aliphatic heterocycles. The third-order valence-electron chi connectivity index (χ3n) is 7.32. The Morgan fingerprint density at radius 2 is 2.19 bits per heavy atom. The van der Waals surface area contributed by atoms with Crippen LogP contribution < -0.4 is 10.6 Å². The Balaban J connectivity index is 1.09. The van der Waals surface area contributed by atoms with E-state index < -0.39 is 12.0 Å². The zero-order valence-corrected chi connectivity index (χ0v) is 21.7. The maximum absolute atomic E-state index is 12.8. The maximum atomic E-state index is 12.8. The van der Waals surface area contributed by atoms with Gasteiger partial charge >= 0.3 is 5.97 Å². The summed E-state index contributed by atoms with van der Waals surface area (Å²) in [4.78, 5) is 36.1. The number of carboxylic acids is 1. The number of amides is 1. The summed E-state index contributed by atoms with van der Waals surface area (Å²) in [6.07, 6.45) is 5.79. The Labute approximate surface area is 221 Å². The fraction of sp³-hybridized carbons (Fsp3) is 0.429. The summed E-state index contributed by atoms with van der Waals surface area (Å²) < 4.78 is 0. The molecule has 4 heterocycles. The summed E-state index contributed by atoms with van der Waals surface area (Å²) in [5, 5.41) is 17.8. The van der Waals surface area contributed by atoms with Crippen LogP contribution in [0.25, 0.3) is 11.3 Å². The fourth-order valence-corrected chi connectivity index (χ4v) is 5.76. The molecule has 1 saturated heterocycles. The summed E-state index contributed by atoms with van der Waals surface area (Å²) in [5.41, 5.74) is 6.27. The van der Waals surface area contributed by atoms with E-state index in [0.717, 1.165) is 68.1 Å². The van der Waals surface area contributed by atoms with Crippen molar-refractivity contribution in [3.8, 4) is 11.3 Å². The van der Waals surface area contributed by atoms with Gasteiger partial charge in [0.15, 0.2) is 0 Å². The molecule has 1 fully saturated rings. The molecule has 2 atom stereocenters. The predicted octanol–water partition coefficient (Wildman–Crippen LogP) is 4.09. The van der Waals surface area contributed by atoms with Crippen LogP contribution in [0.2, 0.25) is 0 Å². The van der Waals surface area contributed by atoms with Crippen LogP contribution in [0.5, 0.6) is 0 Å². The highest BCUT2D eigenvalue weighted by Crippen LogP contribution is 2.24. The van der Waals surface area contributed by atoms with E-state index in [4.69, 9.17) is 4.98 Å². The van der Waals surface area contributed by atoms with Gasteiger partial charge in [-0.1, -0.05) is 18.2 Å². The molecular weight excluding hydrogens is 486 g/mol. The lowest BCUT2D eigenvalue weighted by atomic mass is 10.00. The minimum absolute atomic E-state index is 0.373. The Kier molecular flexibility index (Phi) is 8.11. The van der Waals surface area contributed by atoms with E-state index in [1.165, 1.54) is 23.3 Å². The van der Waals surface area contributed by atoms with E-state index in [1.807, 2.05) is 11.4 Å². The highest BCUT2D eigenvalue weighted by Gasteiger charge is 2.26. The first-order valence-corrected chi connectivity index (χ1v) is 14.0. The number of hydrogen-bond acceptors (Lipinski definition) is 7. The van der Waals surface area contributed by atoms with Gasteiger partial charge in [0.25, 0.3) is 5.91 Å². The van der Waals surface area contributed by atoms with E-state index in [0.29, 0.717) is 24.4 Å². The molecule has 0 bridgehead atoms. The Morgan fingerprint density at radius 1 is 1.27 bits per heavy atom. The third kappa shape index (κ3) is 6.53. The molecule has 2 aromatic heterocycles. The molecule has 37 heavy (non-hydrogen) atoms. The minimum atomic E-state index is -1.01. The van der Waals surface area contributed by atoms with Crippen molar-refractivity contribution in [1.29, 1.82) is 0 Å². The van der Waals surface area contributed by atoms with E-state index in [-0.39, 0.29) is 5.91 Å². The summed E-state index contributed by atoms with van der Waals surface area (Å²) in [6, 6.07) is 10.6. The predicted molar refractivity (Wildman–Crippen MR) is 145 cm³/mol. The van der Waals surface area contributed by atoms with Crippen molar-refractivity contribution in [3.63, 3.8) is 0 Å². The maximum Gasteiger partial charge on any atom is 0.326 e. The number of aliphatic carboxylic acids is 1. The molecule has 194 valence electrons. The molecule has 1 aromatic carbocycles. The average molecular weight is 520 g/mol. The van der Waals surface area contributed by atoms with Gasteiger partial charge in [0.05, 0.1) is 11.2 Å². The van der Waals surface area contributed by atoms with Gasteiger partial charge in [-0.3, -0.25) is 4.79 Å². The number of nitrogens with one attached hydrogen (secondary N) is 2. The monoisotopic (exact) mass is 519 g/mol. The lowest BCUT2D eigenvalue weighted by Gasteiger charge is -2.20. The zero-order chi connectivity index (χ0) is 25.6. The van der Waals surface area contributed by atoms with Gasteiger partial charge in [0.2, 0.25) is 0 Å². The molecule has 1 amide bonds. The lowest BCUT2D eigenvalue weighted by molar-refractivity contribution is -0.139. The van der Waals surface area contributed by atoms with Crippen molar-refractivity contribution < 1.29 is 14.7 Å². The van der Waals surface area contributed by atoms with Crippen LogP contribution >= 0.6 is 11.3 Å². The van der Waals surface area contributed by atoms with E-state index >= 15 is 0 Å². The molecule has 0 aliphatic carbocycles. The van der Waals surface area contributed by atoms with Crippen molar-refractivity contribution >= 4 is 29.0 Å². The van der Waals surface area contributed by atoms with E-state index in [2.05, 4.69) is 32.7 Å². The molecule has 9 heteroatoms. The first kappa shape index (κ1) is 25.4. The second-order valence-electron chi connectivity index (χ2n) is 9.94. The van der Waals surface area contributed by atoms with Crippen molar-refractivity contribution in [2.45, 2.75) is 44.6 Å². The van der Waals surface area contributed by atoms with Crippen LogP contribution in [-0.2, 0) is 17.6 Å². The number of fused-ring (bicyclic) bond motifs is 1. The Morgan fingerprint density at radius 3 is 3.03 bits per heavy atom. The number of pyridine rings is 1. The number of anilines is 1. The van der Waals surface area contributed by atoms with Crippen LogP contribution in [0.3, 0.4) is 0 Å². The number of aryl methyl sites for hydroxylation is 2. The van der Waals surface area contributed by atoms with E-state index in [9.17, 15) is 14.7 Å². The topological polar surface area (TPSA) is 107 Å². The number of carbonyl (C=O) groups is 2. The number of nitrogens with zero attached hydrogens (tertiary/aromatic N) is 3. The lowest BCUT2D eigenvalue weighted by Crippen LogP contribution is -2.43. The number of rotatable bonds is 10. The zero-order valence-electron chi connectivity index (χ0n) is 20.9. The number of hydrogen-bond donors (Lipinski definition) is 3. The molecule has 3 N–H and O–H groups in total. The van der Waals surface area contributed by atoms with Gasteiger partial charge in [0.1, 0.15) is 11.9 Å². The molecule has 2 unspecified atom stereocenters. The van der Waals surface area contributed by atoms with E-state index in [1.54, 1.807) is 23.7 Å². The Hall–Kier alpha value is -3.30. The smallest absolute Gasteiger partial charge is 0.326 e. The van der Waals surface area contributed by atoms with Crippen LogP contribution in [0, 0.1) is 5.92 Å². The molecule has 0 spiro atoms. The number of carboxylic acid groups (broad SMARTS) is 1. The van der Waals surface area contributed by atoms with Crippen LogP contribution in [0.1, 0.15) is 47.3 Å².